The van der Waals surface area contributed by atoms with Crippen molar-refractivity contribution in [1.82, 2.24) is 9.88 Å². The van der Waals surface area contributed by atoms with Crippen LogP contribution < -0.4 is 15.6 Å². The second-order valence-corrected chi connectivity index (χ2v) is 7.90. The van der Waals surface area contributed by atoms with Crippen LogP contribution in [0.5, 0.6) is 5.75 Å². The van der Waals surface area contributed by atoms with Crippen LogP contribution in [0.15, 0.2) is 16.9 Å². The number of amides is 1. The van der Waals surface area contributed by atoms with Crippen molar-refractivity contribution in [2.45, 2.75) is 53.1 Å². The van der Waals surface area contributed by atoms with Gasteiger partial charge in [0.05, 0.1) is 34.3 Å². The quantitative estimate of drug-likeness (QED) is 0.530. The molecule has 8 heteroatoms. The molecule has 1 heterocycles. The number of halogens is 2. The van der Waals surface area contributed by atoms with Gasteiger partial charge >= 0.3 is 6.09 Å². The summed E-state index contributed by atoms with van der Waals surface area (Å²) in [6, 6.07) is 3.16. The monoisotopic (exact) mass is 428 g/mol. The average molecular weight is 429 g/mol. The molecule has 0 atom stereocenters. The van der Waals surface area contributed by atoms with E-state index in [2.05, 4.69) is 26.1 Å². The lowest BCUT2D eigenvalue weighted by Gasteiger charge is -2.21. The number of hydrogen-bond acceptors (Lipinski definition) is 3. The van der Waals surface area contributed by atoms with Crippen molar-refractivity contribution in [1.29, 1.82) is 0 Å². The minimum atomic E-state index is -1.17. The SMILES string of the molecule is CCCCOc1c(CNC(=O)O)n(CCC(C)C)c(=O)c2cc(Cl)c(Cl)cc12. The van der Waals surface area contributed by atoms with Crippen LogP contribution >= 0.6 is 23.2 Å². The number of aromatic nitrogens is 1. The van der Waals surface area contributed by atoms with Gasteiger partial charge in [-0.1, -0.05) is 50.4 Å². The second-order valence-electron chi connectivity index (χ2n) is 7.09. The summed E-state index contributed by atoms with van der Waals surface area (Å²) in [5.74, 6) is 0.847. The Morgan fingerprint density at radius 2 is 1.89 bits per heavy atom. The molecule has 1 aromatic carbocycles. The molecule has 0 spiro atoms. The Kier molecular flexibility index (Phi) is 8.01. The van der Waals surface area contributed by atoms with Gasteiger partial charge in [0.1, 0.15) is 5.75 Å². The number of nitrogens with zero attached hydrogens (tertiary/aromatic N) is 1. The fraction of sp³-hybridized carbons (Fsp3) is 0.500. The molecule has 0 fully saturated rings. The number of benzene rings is 1. The highest BCUT2D eigenvalue weighted by atomic mass is 35.5. The van der Waals surface area contributed by atoms with Crippen molar-refractivity contribution in [2.75, 3.05) is 6.61 Å². The maximum Gasteiger partial charge on any atom is 0.404 e. The van der Waals surface area contributed by atoms with Crippen LogP contribution in [0, 0.1) is 5.92 Å². The highest BCUT2D eigenvalue weighted by Crippen LogP contribution is 2.34. The maximum absolute atomic E-state index is 13.2. The number of ether oxygens (including phenoxy) is 1. The molecule has 0 unspecified atom stereocenters. The molecule has 2 N–H and O–H groups in total. The normalized spacial score (nSPS) is 11.2. The van der Waals surface area contributed by atoms with E-state index in [0.29, 0.717) is 46.3 Å². The van der Waals surface area contributed by atoms with Gasteiger partial charge in [0.25, 0.3) is 5.56 Å². The van der Waals surface area contributed by atoms with E-state index in [1.54, 1.807) is 16.7 Å². The van der Waals surface area contributed by atoms with Crippen LogP contribution in [0.4, 0.5) is 4.79 Å². The third-order valence-corrected chi connectivity index (χ3v) is 5.17. The van der Waals surface area contributed by atoms with Crippen molar-refractivity contribution in [2.24, 2.45) is 5.92 Å². The third kappa shape index (κ3) is 5.32. The number of carboxylic acid groups (broad SMARTS) is 1. The van der Waals surface area contributed by atoms with Gasteiger partial charge < -0.3 is 19.7 Å². The zero-order valence-electron chi connectivity index (χ0n) is 16.3. The number of rotatable bonds is 9. The van der Waals surface area contributed by atoms with Gasteiger partial charge in [0, 0.05) is 11.9 Å². The van der Waals surface area contributed by atoms with Crippen LogP contribution in [0.25, 0.3) is 10.8 Å². The number of fused-ring (bicyclic) bond motifs is 1. The standard InChI is InChI=1S/C20H26Cl2N2O4/c1-4-5-8-28-18-13-9-15(21)16(22)10-14(13)19(25)24(7-6-12(2)3)17(18)11-23-20(26)27/h9-10,12,23H,4-8,11H2,1-3H3,(H,26,27). The first kappa shape index (κ1) is 22.4. The van der Waals surface area contributed by atoms with Crippen LogP contribution in [-0.4, -0.2) is 22.4 Å². The number of nitrogens with one attached hydrogen (secondary N) is 1. The first-order valence-corrected chi connectivity index (χ1v) is 10.2. The van der Waals surface area contributed by atoms with Crippen molar-refractivity contribution in [3.8, 4) is 5.75 Å². The number of carbonyl (C=O) groups is 1. The van der Waals surface area contributed by atoms with E-state index < -0.39 is 6.09 Å². The van der Waals surface area contributed by atoms with E-state index in [1.165, 1.54) is 0 Å². The van der Waals surface area contributed by atoms with Gasteiger partial charge in [-0.3, -0.25) is 4.79 Å². The molecule has 1 aromatic heterocycles. The van der Waals surface area contributed by atoms with Gasteiger partial charge in [0.15, 0.2) is 0 Å². The lowest BCUT2D eigenvalue weighted by molar-refractivity contribution is 0.193. The molecule has 28 heavy (non-hydrogen) atoms. The highest BCUT2D eigenvalue weighted by molar-refractivity contribution is 6.42. The van der Waals surface area contributed by atoms with Crippen LogP contribution in [-0.2, 0) is 13.1 Å². The molecular formula is C20H26Cl2N2O4. The largest absolute Gasteiger partial charge is 0.491 e. The van der Waals surface area contributed by atoms with E-state index in [4.69, 9.17) is 33.0 Å². The van der Waals surface area contributed by atoms with E-state index >= 15 is 0 Å². The summed E-state index contributed by atoms with van der Waals surface area (Å²) in [7, 11) is 0. The van der Waals surface area contributed by atoms with Gasteiger partial charge in [-0.2, -0.15) is 0 Å². The Morgan fingerprint density at radius 1 is 1.25 bits per heavy atom. The van der Waals surface area contributed by atoms with E-state index in [-0.39, 0.29) is 17.1 Å². The van der Waals surface area contributed by atoms with Crippen LogP contribution in [0.1, 0.15) is 45.7 Å². The molecule has 0 saturated heterocycles. The highest BCUT2D eigenvalue weighted by Gasteiger charge is 2.20. The van der Waals surface area contributed by atoms with Crippen molar-refractivity contribution in [3.05, 3.63) is 38.2 Å². The molecule has 0 aliphatic carbocycles. The van der Waals surface area contributed by atoms with Crippen molar-refractivity contribution < 1.29 is 14.6 Å². The predicted octanol–water partition coefficient (Wildman–Crippen LogP) is 5.30. The summed E-state index contributed by atoms with van der Waals surface area (Å²) in [6.45, 7) is 7.05. The number of pyridine rings is 1. The lowest BCUT2D eigenvalue weighted by Crippen LogP contribution is -2.30. The molecular weight excluding hydrogens is 403 g/mol. The van der Waals surface area contributed by atoms with Crippen molar-refractivity contribution in [3.63, 3.8) is 0 Å². The molecule has 154 valence electrons. The Balaban J connectivity index is 2.74. The smallest absolute Gasteiger partial charge is 0.404 e. The van der Waals surface area contributed by atoms with Crippen molar-refractivity contribution >= 4 is 40.1 Å². The van der Waals surface area contributed by atoms with Gasteiger partial charge in [-0.25, -0.2) is 4.79 Å². The zero-order chi connectivity index (χ0) is 20.8. The summed E-state index contributed by atoms with van der Waals surface area (Å²) in [4.78, 5) is 24.3. The molecule has 0 aliphatic heterocycles. The molecule has 0 radical (unpaired) electrons. The average Bonchev–Trinajstić information content (AvgIpc) is 2.62. The third-order valence-electron chi connectivity index (χ3n) is 4.45. The molecule has 2 aromatic rings. The predicted molar refractivity (Wildman–Crippen MR) is 113 cm³/mol. The topological polar surface area (TPSA) is 80.6 Å². The first-order chi connectivity index (χ1) is 13.3. The number of hydrogen-bond donors (Lipinski definition) is 2. The Hall–Kier alpha value is -1.92. The number of unbranched alkanes of at least 4 members (excludes halogenated alkanes) is 1. The van der Waals surface area contributed by atoms with E-state index in [9.17, 15) is 9.59 Å². The second kappa shape index (κ2) is 10.0. The minimum Gasteiger partial charge on any atom is -0.491 e. The fourth-order valence-corrected chi connectivity index (χ4v) is 3.22. The van der Waals surface area contributed by atoms with Gasteiger partial charge in [0.2, 0.25) is 0 Å². The maximum atomic E-state index is 13.2. The summed E-state index contributed by atoms with van der Waals surface area (Å²) in [5, 5.41) is 13.0. The fourth-order valence-electron chi connectivity index (χ4n) is 2.90. The van der Waals surface area contributed by atoms with E-state index in [0.717, 1.165) is 19.3 Å². The Labute approximate surface area is 174 Å². The zero-order valence-corrected chi connectivity index (χ0v) is 17.9. The Morgan fingerprint density at radius 3 is 2.46 bits per heavy atom. The van der Waals surface area contributed by atoms with Crippen LogP contribution in [0.2, 0.25) is 10.0 Å². The van der Waals surface area contributed by atoms with Gasteiger partial charge in [-0.05, 0) is 30.9 Å². The summed E-state index contributed by atoms with van der Waals surface area (Å²) in [6.07, 6.45) is 1.37. The minimum absolute atomic E-state index is 0.0414. The molecule has 6 nitrogen and oxygen atoms in total. The van der Waals surface area contributed by atoms with Gasteiger partial charge in [-0.15, -0.1) is 0 Å². The molecule has 2 rings (SSSR count). The lowest BCUT2D eigenvalue weighted by atomic mass is 10.1. The molecule has 1 amide bonds. The summed E-state index contributed by atoms with van der Waals surface area (Å²) >= 11 is 12.3. The first-order valence-electron chi connectivity index (χ1n) is 9.40. The Bertz CT molecular complexity index is 909. The molecule has 0 aliphatic rings. The van der Waals surface area contributed by atoms with E-state index in [1.807, 2.05) is 0 Å². The van der Waals surface area contributed by atoms with Crippen LogP contribution in [0.3, 0.4) is 0 Å². The summed E-state index contributed by atoms with van der Waals surface area (Å²) < 4.78 is 7.61. The summed E-state index contributed by atoms with van der Waals surface area (Å²) in [5.41, 5.74) is 0.259. The molecule has 0 saturated carbocycles. The molecule has 0 bridgehead atoms.